The Morgan fingerprint density at radius 2 is 1.52 bits per heavy atom. The smallest absolute Gasteiger partial charge is 0.408 e. The van der Waals surface area contributed by atoms with Crippen LogP contribution in [-0.2, 0) is 22.6 Å². The minimum atomic E-state index is -1.12. The second-order valence-corrected chi connectivity index (χ2v) is 12.7. The number of nitrogens with zero attached hydrogens (tertiary/aromatic N) is 1. The number of anilines is 1. The zero-order valence-corrected chi connectivity index (χ0v) is 30.5. The maximum atomic E-state index is 11.8. The highest BCUT2D eigenvalue weighted by molar-refractivity contribution is 5.99. The molecule has 1 atom stereocenters. The predicted octanol–water partition coefficient (Wildman–Crippen LogP) is 6.89. The molecule has 50 heavy (non-hydrogen) atoms. The van der Waals surface area contributed by atoms with Crippen LogP contribution in [0.2, 0.25) is 0 Å². The average molecular weight is 693 g/mol. The van der Waals surface area contributed by atoms with Crippen LogP contribution in [0.1, 0.15) is 82.3 Å². The van der Waals surface area contributed by atoms with E-state index in [1.165, 1.54) is 0 Å². The lowest BCUT2D eigenvalue weighted by molar-refractivity contribution is -0.139. The van der Waals surface area contributed by atoms with Crippen molar-refractivity contribution in [3.8, 4) is 11.5 Å². The number of hydrogen-bond acceptors (Lipinski definition) is 8. The number of unbranched alkanes of at least 4 members (excludes halogenated alkanes) is 1. The molecular weight excluding hydrogens is 636 g/mol. The van der Waals surface area contributed by atoms with Crippen LogP contribution in [0.15, 0.2) is 72.8 Å². The molecule has 0 saturated carbocycles. The van der Waals surface area contributed by atoms with E-state index in [1.54, 1.807) is 51.1 Å². The molecule has 0 aromatic heterocycles. The minimum absolute atomic E-state index is 0.146. The molecule has 0 aliphatic rings. The fourth-order valence-electron chi connectivity index (χ4n) is 4.74. The van der Waals surface area contributed by atoms with E-state index in [1.807, 2.05) is 42.5 Å². The summed E-state index contributed by atoms with van der Waals surface area (Å²) in [4.78, 5) is 37.2. The molecule has 5 N–H and O–H groups in total. The lowest BCUT2D eigenvalue weighted by Crippen LogP contribution is -2.44. The van der Waals surface area contributed by atoms with E-state index in [0.29, 0.717) is 30.3 Å². The topological polar surface area (TPSA) is 152 Å². The molecule has 0 bridgehead atoms. The molecule has 3 rings (SSSR count). The molecule has 0 saturated heterocycles. The number of carboxylic acid groups (broad SMARTS) is 1. The molecule has 0 heterocycles. The number of carbonyl (C=O) groups excluding carboxylic acids is 2. The fraction of sp³-hybridized carbons (Fsp3) is 0.462. The monoisotopic (exact) mass is 692 g/mol. The van der Waals surface area contributed by atoms with Gasteiger partial charge in [0, 0.05) is 25.2 Å². The number of ether oxygens (including phenoxy) is 3. The Morgan fingerprint density at radius 1 is 0.860 bits per heavy atom. The first-order valence-corrected chi connectivity index (χ1v) is 17.4. The van der Waals surface area contributed by atoms with Gasteiger partial charge in [-0.15, -0.1) is 0 Å². The summed E-state index contributed by atoms with van der Waals surface area (Å²) in [6, 6.07) is 21.4. The van der Waals surface area contributed by atoms with Crippen molar-refractivity contribution in [1.29, 1.82) is 0 Å². The summed E-state index contributed by atoms with van der Waals surface area (Å²) >= 11 is 0. The van der Waals surface area contributed by atoms with Gasteiger partial charge in [-0.3, -0.25) is 4.79 Å². The van der Waals surface area contributed by atoms with Crippen LogP contribution in [0.3, 0.4) is 0 Å². The number of aliphatic carboxylic acids is 1. The fourth-order valence-corrected chi connectivity index (χ4v) is 4.74. The highest BCUT2D eigenvalue weighted by Crippen LogP contribution is 2.22. The number of rotatable bonds is 19. The van der Waals surface area contributed by atoms with Crippen LogP contribution in [0, 0.1) is 0 Å². The zero-order valence-electron chi connectivity index (χ0n) is 30.5. The molecule has 11 heteroatoms. The van der Waals surface area contributed by atoms with Crippen LogP contribution >= 0.6 is 0 Å². The Morgan fingerprint density at radius 3 is 2.10 bits per heavy atom. The number of nitrogens with two attached hydrogens (primary N) is 1. The molecule has 0 unspecified atom stereocenters. The number of carboxylic acids is 1. The van der Waals surface area contributed by atoms with Gasteiger partial charge in [-0.1, -0.05) is 69.7 Å². The van der Waals surface area contributed by atoms with Crippen molar-refractivity contribution < 1.29 is 33.7 Å². The minimum Gasteiger partial charge on any atom is -0.494 e. The van der Waals surface area contributed by atoms with Crippen LogP contribution in [0.4, 0.5) is 10.5 Å². The van der Waals surface area contributed by atoms with E-state index in [2.05, 4.69) is 36.3 Å². The van der Waals surface area contributed by atoms with Gasteiger partial charge in [-0.25, -0.2) is 9.59 Å². The molecule has 0 fully saturated rings. The van der Waals surface area contributed by atoms with Crippen LogP contribution in [0.5, 0.6) is 11.5 Å². The summed E-state index contributed by atoms with van der Waals surface area (Å²) < 4.78 is 16.6. The van der Waals surface area contributed by atoms with Crippen molar-refractivity contribution in [1.82, 2.24) is 10.2 Å². The van der Waals surface area contributed by atoms with E-state index in [-0.39, 0.29) is 6.42 Å². The van der Waals surface area contributed by atoms with Crippen LogP contribution < -0.4 is 25.8 Å². The molecule has 3 aromatic carbocycles. The average Bonchev–Trinajstić information content (AvgIpc) is 3.08. The Kier molecular flexibility index (Phi) is 18.3. The summed E-state index contributed by atoms with van der Waals surface area (Å²) in [5, 5.41) is 15.0. The third-order valence-electron chi connectivity index (χ3n) is 7.48. The van der Waals surface area contributed by atoms with Crippen LogP contribution in [-0.4, -0.2) is 72.4 Å². The van der Waals surface area contributed by atoms with Gasteiger partial charge in [0.1, 0.15) is 29.7 Å². The lowest BCUT2D eigenvalue weighted by Gasteiger charge is -2.22. The van der Waals surface area contributed by atoms with Crippen molar-refractivity contribution in [2.45, 2.75) is 85.5 Å². The highest BCUT2D eigenvalue weighted by atomic mass is 16.6. The SMILES string of the molecule is CC(C)(C)OC(=O)N[C@H](Cc1ccc(OCc2ccccc2)cc1)C(=O)O.CCCCNc1ccc(OCCCN(CC)CC)cc1C(N)=O. The van der Waals surface area contributed by atoms with Gasteiger partial charge in [0.05, 0.1) is 12.2 Å². The molecule has 0 aliphatic carbocycles. The number of hydrogen-bond donors (Lipinski definition) is 4. The maximum absolute atomic E-state index is 11.8. The summed E-state index contributed by atoms with van der Waals surface area (Å²) in [5.41, 5.74) is 7.89. The Balaban J connectivity index is 0.000000352. The lowest BCUT2D eigenvalue weighted by atomic mass is 10.1. The Labute approximate surface area is 297 Å². The zero-order chi connectivity index (χ0) is 36.9. The third-order valence-corrected chi connectivity index (χ3v) is 7.48. The first kappa shape index (κ1) is 41.4. The number of benzene rings is 3. The molecule has 3 aromatic rings. The van der Waals surface area contributed by atoms with Crippen molar-refractivity contribution in [3.05, 3.63) is 89.5 Å². The second-order valence-electron chi connectivity index (χ2n) is 12.7. The number of primary amides is 1. The maximum Gasteiger partial charge on any atom is 0.408 e. The Hall–Kier alpha value is -4.77. The van der Waals surface area contributed by atoms with E-state index < -0.39 is 29.6 Å². The van der Waals surface area contributed by atoms with Crippen molar-refractivity contribution in [2.75, 3.05) is 38.1 Å². The van der Waals surface area contributed by atoms with Gasteiger partial charge < -0.3 is 40.6 Å². The third kappa shape index (κ3) is 16.6. The molecular formula is C39H56N4O7. The highest BCUT2D eigenvalue weighted by Gasteiger charge is 2.24. The number of nitrogens with one attached hydrogen (secondary N) is 2. The first-order valence-electron chi connectivity index (χ1n) is 17.4. The van der Waals surface area contributed by atoms with Crippen molar-refractivity contribution in [2.24, 2.45) is 5.73 Å². The van der Waals surface area contributed by atoms with Gasteiger partial charge in [0.2, 0.25) is 0 Å². The Bertz CT molecular complexity index is 1440. The second kappa shape index (κ2) is 22.0. The summed E-state index contributed by atoms with van der Waals surface area (Å²) in [6.07, 6.45) is 2.52. The standard InChI is InChI=1S/C21H25NO5.C18H31N3O2/c1-21(2,3)27-20(25)22-18(19(23)24)13-15-9-11-17(12-10-15)26-14-16-7-5-4-6-8-16;1-4-7-11-20-17-10-9-15(14-16(17)18(19)22)23-13-8-12-21(5-2)6-3/h4-12,18H,13-14H2,1-3H3,(H,22,25)(H,23,24);9-10,14,20H,4-8,11-13H2,1-3H3,(H2,19,22)/t18-;/m1./s1. The summed E-state index contributed by atoms with van der Waals surface area (Å²) in [7, 11) is 0. The number of alkyl carbamates (subject to hydrolysis) is 1. The van der Waals surface area contributed by atoms with E-state index >= 15 is 0 Å². The quantitative estimate of drug-likeness (QED) is 0.0984. The predicted molar refractivity (Wildman–Crippen MR) is 198 cm³/mol. The normalized spacial score (nSPS) is 11.5. The van der Waals surface area contributed by atoms with Crippen molar-refractivity contribution in [3.63, 3.8) is 0 Å². The van der Waals surface area contributed by atoms with E-state index in [9.17, 15) is 19.5 Å². The molecule has 0 radical (unpaired) electrons. The summed E-state index contributed by atoms with van der Waals surface area (Å²) in [6.45, 7) is 16.7. The molecule has 0 spiro atoms. The molecule has 274 valence electrons. The number of amides is 2. The van der Waals surface area contributed by atoms with Gasteiger partial charge in [-0.05, 0) is 88.2 Å². The van der Waals surface area contributed by atoms with Gasteiger partial charge in [0.25, 0.3) is 5.91 Å². The van der Waals surface area contributed by atoms with Crippen molar-refractivity contribution >= 4 is 23.7 Å². The first-order chi connectivity index (χ1) is 23.8. The molecule has 0 aliphatic heterocycles. The molecule has 11 nitrogen and oxygen atoms in total. The number of carbonyl (C=O) groups is 3. The summed E-state index contributed by atoms with van der Waals surface area (Å²) in [5.74, 6) is -0.170. The van der Waals surface area contributed by atoms with Crippen LogP contribution in [0.25, 0.3) is 0 Å². The van der Waals surface area contributed by atoms with Gasteiger partial charge in [0.15, 0.2) is 0 Å². The van der Waals surface area contributed by atoms with E-state index in [0.717, 1.165) is 62.3 Å². The van der Waals surface area contributed by atoms with Gasteiger partial charge in [-0.2, -0.15) is 0 Å². The van der Waals surface area contributed by atoms with E-state index in [4.69, 9.17) is 19.9 Å². The van der Waals surface area contributed by atoms with Gasteiger partial charge >= 0.3 is 12.1 Å². The molecule has 2 amide bonds. The largest absolute Gasteiger partial charge is 0.494 e.